The second-order valence-electron chi connectivity index (χ2n) is 6.86. The number of aliphatic hydroxyl groups is 1. The summed E-state index contributed by atoms with van der Waals surface area (Å²) in [5.41, 5.74) is 4.79. The van der Waals surface area contributed by atoms with E-state index < -0.39 is 44.7 Å². The number of nitrogens with two attached hydrogens (primary N) is 1. The Labute approximate surface area is 174 Å². The van der Waals surface area contributed by atoms with E-state index in [2.05, 4.69) is 4.98 Å². The Bertz CT molecular complexity index is 777. The molecular formula is C17H30N3O9P. The molecule has 1 aromatic rings. The maximum absolute atomic E-state index is 12.2. The van der Waals surface area contributed by atoms with E-state index in [4.69, 9.17) is 29.0 Å². The fourth-order valence-corrected chi connectivity index (χ4v) is 3.80. The molecule has 172 valence electrons. The quantitative estimate of drug-likeness (QED) is 0.378. The van der Waals surface area contributed by atoms with Crippen LogP contribution in [0.3, 0.4) is 0 Å². The largest absolute Gasteiger partial charge is 0.472 e. The first-order chi connectivity index (χ1) is 14.2. The first-order valence-corrected chi connectivity index (χ1v) is 11.1. The molecule has 30 heavy (non-hydrogen) atoms. The lowest BCUT2D eigenvalue weighted by Crippen LogP contribution is -2.37. The number of rotatable bonds is 12. The van der Waals surface area contributed by atoms with Crippen LogP contribution in [0.25, 0.3) is 0 Å². The van der Waals surface area contributed by atoms with Gasteiger partial charge in [0.15, 0.2) is 6.23 Å². The monoisotopic (exact) mass is 451 g/mol. The number of nitrogen functional groups attached to an aromatic ring is 1. The van der Waals surface area contributed by atoms with Gasteiger partial charge in [-0.2, -0.15) is 4.98 Å². The molecule has 0 saturated carbocycles. The van der Waals surface area contributed by atoms with Crippen molar-refractivity contribution in [3.8, 4) is 0 Å². The van der Waals surface area contributed by atoms with E-state index in [1.165, 1.54) is 26.5 Å². The average Bonchev–Trinajstić information content (AvgIpc) is 3.02. The number of hydrogen-bond acceptors (Lipinski definition) is 10. The van der Waals surface area contributed by atoms with Crippen molar-refractivity contribution in [1.82, 2.24) is 9.55 Å². The Morgan fingerprint density at radius 1 is 1.40 bits per heavy atom. The second-order valence-corrected chi connectivity index (χ2v) is 8.31. The zero-order valence-corrected chi connectivity index (χ0v) is 18.1. The van der Waals surface area contributed by atoms with Crippen LogP contribution in [-0.2, 0) is 27.8 Å². The predicted octanol–water partition coefficient (Wildman–Crippen LogP) is 0.438. The van der Waals surface area contributed by atoms with Crippen LogP contribution < -0.4 is 11.4 Å². The molecule has 1 aromatic heterocycles. The molecule has 2 unspecified atom stereocenters. The fraction of sp³-hybridized carbons (Fsp3) is 0.765. The van der Waals surface area contributed by atoms with Crippen LogP contribution >= 0.6 is 7.82 Å². The summed E-state index contributed by atoms with van der Waals surface area (Å²) in [5, 5.41) is 10.5. The number of anilines is 1. The normalized spacial score (nSPS) is 27.1. The average molecular weight is 451 g/mol. The van der Waals surface area contributed by atoms with Gasteiger partial charge in [-0.3, -0.25) is 13.6 Å². The molecule has 0 spiro atoms. The van der Waals surface area contributed by atoms with Crippen molar-refractivity contribution >= 4 is 13.6 Å². The smallest absolute Gasteiger partial charge is 0.387 e. The Balaban J connectivity index is 1.97. The molecule has 1 aliphatic heterocycles. The summed E-state index contributed by atoms with van der Waals surface area (Å²) in [6, 6.07) is 1.40. The summed E-state index contributed by atoms with van der Waals surface area (Å²) in [6.07, 6.45) is -0.699. The van der Waals surface area contributed by atoms with Crippen molar-refractivity contribution < 1.29 is 37.8 Å². The molecule has 4 N–H and O–H groups in total. The van der Waals surface area contributed by atoms with E-state index >= 15 is 0 Å². The van der Waals surface area contributed by atoms with Gasteiger partial charge in [0.1, 0.15) is 24.1 Å². The third kappa shape index (κ3) is 6.56. The highest BCUT2D eigenvalue weighted by Crippen LogP contribution is 2.44. The van der Waals surface area contributed by atoms with E-state index in [1.54, 1.807) is 0 Å². The van der Waals surface area contributed by atoms with Gasteiger partial charge in [0, 0.05) is 20.4 Å². The number of methoxy groups -OCH3 is 2. The molecule has 13 heteroatoms. The molecule has 1 aliphatic rings. The van der Waals surface area contributed by atoms with Crippen LogP contribution in [0.4, 0.5) is 5.82 Å². The Kier molecular flexibility index (Phi) is 9.38. The Morgan fingerprint density at radius 2 is 2.13 bits per heavy atom. The maximum atomic E-state index is 12.2. The summed E-state index contributed by atoms with van der Waals surface area (Å²) in [4.78, 5) is 25.6. The first kappa shape index (κ1) is 24.9. The van der Waals surface area contributed by atoms with E-state index in [-0.39, 0.29) is 18.5 Å². The standard InChI is InChI=1S/C17H30N3O9P/c1-4-5-6-11(25-2)9-27-30(23,24)28-10-12-14(21)15(26-3)16(29-12)20-8-7-13(18)19-17(20)22/h7-8,11-12,14-16,21H,4-6,9-10H2,1-3H3,(H,23,24)(H2,18,19,22)/t11?,12-,14-,15-,16-/m1/s1. The minimum Gasteiger partial charge on any atom is -0.387 e. The molecule has 1 fully saturated rings. The van der Waals surface area contributed by atoms with E-state index in [9.17, 15) is 19.4 Å². The van der Waals surface area contributed by atoms with Gasteiger partial charge in [0.05, 0.1) is 19.3 Å². The van der Waals surface area contributed by atoms with Gasteiger partial charge in [-0.15, -0.1) is 0 Å². The van der Waals surface area contributed by atoms with Gasteiger partial charge in [-0.25, -0.2) is 9.36 Å². The van der Waals surface area contributed by atoms with E-state index in [1.807, 2.05) is 6.92 Å². The van der Waals surface area contributed by atoms with Gasteiger partial charge in [0.2, 0.25) is 0 Å². The van der Waals surface area contributed by atoms with E-state index in [0.29, 0.717) is 6.42 Å². The zero-order chi connectivity index (χ0) is 22.3. The summed E-state index contributed by atoms with van der Waals surface area (Å²) in [6.45, 7) is 1.44. The van der Waals surface area contributed by atoms with Crippen LogP contribution in [0.5, 0.6) is 0 Å². The number of phosphoric acid groups is 1. The maximum Gasteiger partial charge on any atom is 0.472 e. The van der Waals surface area contributed by atoms with Gasteiger partial charge in [-0.1, -0.05) is 19.8 Å². The van der Waals surface area contributed by atoms with Crippen molar-refractivity contribution in [2.24, 2.45) is 0 Å². The number of ether oxygens (including phenoxy) is 3. The highest BCUT2D eigenvalue weighted by molar-refractivity contribution is 7.47. The molecule has 2 heterocycles. The number of phosphoric ester groups is 1. The molecule has 0 aromatic carbocycles. The van der Waals surface area contributed by atoms with Gasteiger partial charge in [0.25, 0.3) is 0 Å². The van der Waals surface area contributed by atoms with Crippen molar-refractivity contribution in [2.75, 3.05) is 33.2 Å². The number of unbranched alkanes of at least 4 members (excludes halogenated alkanes) is 1. The van der Waals surface area contributed by atoms with Crippen molar-refractivity contribution in [3.63, 3.8) is 0 Å². The van der Waals surface area contributed by atoms with Crippen LogP contribution in [0, 0.1) is 0 Å². The SMILES string of the molecule is CCCCC(COP(=O)(O)OC[C@H]1O[C@@H](n2ccc(N)nc2=O)[C@H](OC)[C@@H]1O)OC. The minimum atomic E-state index is -4.42. The number of hydrogen-bond donors (Lipinski definition) is 3. The van der Waals surface area contributed by atoms with Gasteiger partial charge < -0.3 is 29.9 Å². The highest BCUT2D eigenvalue weighted by atomic mass is 31.2. The van der Waals surface area contributed by atoms with Gasteiger partial charge >= 0.3 is 13.5 Å². The fourth-order valence-electron chi connectivity index (χ4n) is 3.04. The van der Waals surface area contributed by atoms with Crippen LogP contribution in [0.1, 0.15) is 32.4 Å². The van der Waals surface area contributed by atoms with Crippen LogP contribution in [0.15, 0.2) is 17.1 Å². The summed E-state index contributed by atoms with van der Waals surface area (Å²) < 4.78 is 39.4. The number of nitrogens with zero attached hydrogens (tertiary/aromatic N) is 2. The first-order valence-electron chi connectivity index (χ1n) is 9.58. The van der Waals surface area contributed by atoms with Crippen molar-refractivity contribution in [2.45, 2.75) is 56.8 Å². The molecule has 12 nitrogen and oxygen atoms in total. The summed E-state index contributed by atoms with van der Waals surface area (Å²) in [5.74, 6) is 0.0373. The molecule has 0 amide bonds. The zero-order valence-electron chi connectivity index (χ0n) is 17.2. The number of aromatic nitrogens is 2. The molecular weight excluding hydrogens is 421 g/mol. The number of aliphatic hydroxyl groups excluding tert-OH is 1. The molecule has 0 radical (unpaired) electrons. The summed E-state index contributed by atoms with van der Waals surface area (Å²) >= 11 is 0. The third-order valence-electron chi connectivity index (χ3n) is 4.75. The second kappa shape index (κ2) is 11.3. The lowest BCUT2D eigenvalue weighted by Gasteiger charge is -2.20. The predicted molar refractivity (Wildman–Crippen MR) is 106 cm³/mol. The van der Waals surface area contributed by atoms with Crippen LogP contribution in [0.2, 0.25) is 0 Å². The summed E-state index contributed by atoms with van der Waals surface area (Å²) in [7, 11) is -1.58. The molecule has 0 bridgehead atoms. The molecule has 0 aliphatic carbocycles. The minimum absolute atomic E-state index is 0.0373. The molecule has 1 saturated heterocycles. The van der Waals surface area contributed by atoms with Crippen LogP contribution in [-0.4, -0.2) is 71.4 Å². The highest BCUT2D eigenvalue weighted by Gasteiger charge is 2.46. The Morgan fingerprint density at radius 3 is 2.73 bits per heavy atom. The van der Waals surface area contributed by atoms with Gasteiger partial charge in [-0.05, 0) is 12.5 Å². The molecule has 6 atom stereocenters. The lowest BCUT2D eigenvalue weighted by molar-refractivity contribution is -0.0631. The molecule has 2 rings (SSSR count). The Hall–Kier alpha value is -1.37. The topological polar surface area (TPSA) is 165 Å². The van der Waals surface area contributed by atoms with E-state index in [0.717, 1.165) is 17.4 Å². The van der Waals surface area contributed by atoms with Crippen molar-refractivity contribution in [1.29, 1.82) is 0 Å². The third-order valence-corrected chi connectivity index (χ3v) is 5.70. The van der Waals surface area contributed by atoms with Crippen molar-refractivity contribution in [3.05, 3.63) is 22.7 Å². The lowest BCUT2D eigenvalue weighted by atomic mass is 10.1.